The summed E-state index contributed by atoms with van der Waals surface area (Å²) in [6.07, 6.45) is 2.43. The Labute approximate surface area is 156 Å². The number of nitrogens with zero attached hydrogens (tertiary/aromatic N) is 3. The van der Waals surface area contributed by atoms with Gasteiger partial charge in [-0.15, -0.1) is 0 Å². The maximum absolute atomic E-state index is 12.5. The molecule has 2 heterocycles. The zero-order valence-corrected chi connectivity index (χ0v) is 15.1. The number of nitrogens with one attached hydrogen (secondary N) is 1. The molecular formula is C21H20N4O2. The number of hydrogen-bond donors (Lipinski definition) is 1. The first-order chi connectivity index (χ1) is 13.2. The Morgan fingerprint density at radius 3 is 2.78 bits per heavy atom. The van der Waals surface area contributed by atoms with Crippen LogP contribution in [0.4, 0.5) is 0 Å². The molecule has 0 spiro atoms. The monoisotopic (exact) mass is 360 g/mol. The second-order valence-electron chi connectivity index (χ2n) is 6.54. The molecule has 1 N–H and O–H groups in total. The van der Waals surface area contributed by atoms with Crippen molar-refractivity contribution < 1.29 is 4.79 Å². The molecule has 136 valence electrons. The quantitative estimate of drug-likeness (QED) is 0.574. The number of fused-ring (bicyclic) bond motifs is 2. The third-order valence-electron chi connectivity index (χ3n) is 4.81. The zero-order valence-electron chi connectivity index (χ0n) is 15.1. The third-order valence-corrected chi connectivity index (χ3v) is 4.81. The molecule has 1 aliphatic heterocycles. The number of aryl methyl sites for hydroxylation is 1. The summed E-state index contributed by atoms with van der Waals surface area (Å²) in [7, 11) is 0. The van der Waals surface area contributed by atoms with Crippen LogP contribution in [-0.4, -0.2) is 21.2 Å². The maximum atomic E-state index is 12.5. The number of carbonyl (C=O) groups is 1. The molecule has 0 aliphatic carbocycles. The van der Waals surface area contributed by atoms with Crippen LogP contribution < -0.4 is 11.0 Å². The molecule has 1 amide bonds. The molecule has 0 saturated carbocycles. The van der Waals surface area contributed by atoms with E-state index in [-0.39, 0.29) is 11.5 Å². The van der Waals surface area contributed by atoms with E-state index in [4.69, 9.17) is 0 Å². The number of carbonyl (C=O) groups excluding carboxylic acids is 1. The normalized spacial score (nSPS) is 13.6. The summed E-state index contributed by atoms with van der Waals surface area (Å²) in [5.74, 6) is 0.474. The number of aromatic nitrogens is 2. The predicted octanol–water partition coefficient (Wildman–Crippen LogP) is 2.89. The average molecular weight is 360 g/mol. The van der Waals surface area contributed by atoms with E-state index >= 15 is 0 Å². The fraction of sp³-hybridized carbons (Fsp3) is 0.238. The fourth-order valence-corrected chi connectivity index (χ4v) is 3.39. The van der Waals surface area contributed by atoms with Crippen molar-refractivity contribution >= 4 is 22.5 Å². The van der Waals surface area contributed by atoms with Crippen LogP contribution in [0.3, 0.4) is 0 Å². The summed E-state index contributed by atoms with van der Waals surface area (Å²) in [5.41, 5.74) is 5.36. The van der Waals surface area contributed by atoms with Crippen LogP contribution in [0.1, 0.15) is 41.5 Å². The highest BCUT2D eigenvalue weighted by Crippen LogP contribution is 2.16. The van der Waals surface area contributed by atoms with Gasteiger partial charge in [0.25, 0.3) is 11.5 Å². The summed E-state index contributed by atoms with van der Waals surface area (Å²) in [5, 5.41) is 4.82. The van der Waals surface area contributed by atoms with Crippen molar-refractivity contribution in [2.24, 2.45) is 5.10 Å². The first-order valence-electron chi connectivity index (χ1n) is 9.13. The van der Waals surface area contributed by atoms with Gasteiger partial charge in [0, 0.05) is 18.5 Å². The first kappa shape index (κ1) is 17.1. The van der Waals surface area contributed by atoms with Crippen LogP contribution in [0.25, 0.3) is 10.9 Å². The second kappa shape index (κ2) is 7.15. The third kappa shape index (κ3) is 3.26. The van der Waals surface area contributed by atoms with Gasteiger partial charge in [-0.1, -0.05) is 37.3 Å². The van der Waals surface area contributed by atoms with Crippen LogP contribution in [-0.2, 0) is 13.0 Å². The highest BCUT2D eigenvalue weighted by atomic mass is 16.2. The van der Waals surface area contributed by atoms with Crippen molar-refractivity contribution in [2.45, 2.75) is 32.7 Å². The molecule has 0 unspecified atom stereocenters. The minimum absolute atomic E-state index is 0.0326. The molecule has 0 bridgehead atoms. The van der Waals surface area contributed by atoms with Crippen molar-refractivity contribution in [3.63, 3.8) is 0 Å². The van der Waals surface area contributed by atoms with Crippen LogP contribution in [0.15, 0.2) is 58.4 Å². The largest absolute Gasteiger partial charge is 0.296 e. The Morgan fingerprint density at radius 1 is 1.19 bits per heavy atom. The second-order valence-corrected chi connectivity index (χ2v) is 6.54. The maximum Gasteiger partial charge on any atom is 0.271 e. The van der Waals surface area contributed by atoms with E-state index in [1.54, 1.807) is 22.8 Å². The molecule has 0 saturated heterocycles. The summed E-state index contributed by atoms with van der Waals surface area (Å²) < 4.78 is 1.72. The number of benzene rings is 2. The van der Waals surface area contributed by atoms with Gasteiger partial charge in [-0.05, 0) is 36.6 Å². The number of rotatable bonds is 4. The molecule has 0 radical (unpaired) electrons. The molecule has 4 rings (SSSR count). The average Bonchev–Trinajstić information content (AvgIpc) is 3.17. The van der Waals surface area contributed by atoms with E-state index in [2.05, 4.69) is 15.5 Å². The van der Waals surface area contributed by atoms with Gasteiger partial charge in [0.1, 0.15) is 5.82 Å². The van der Waals surface area contributed by atoms with E-state index in [0.29, 0.717) is 29.4 Å². The predicted molar refractivity (Wildman–Crippen MR) is 105 cm³/mol. The number of amides is 1. The van der Waals surface area contributed by atoms with Crippen LogP contribution >= 0.6 is 0 Å². The standard InChI is InChI=1S/C21H20N4O2/c1-2-17(14-7-4-3-5-8-14)23-24-20(26)15-10-11-16-18(13-15)22-19-9-6-12-25(19)21(16)27/h3-5,7-8,10-11,13H,2,6,9,12H2,1H3,(H,24,26)/b23-17-. The lowest BCUT2D eigenvalue weighted by Gasteiger charge is -2.07. The molecule has 27 heavy (non-hydrogen) atoms. The van der Waals surface area contributed by atoms with E-state index in [1.807, 2.05) is 37.3 Å². The van der Waals surface area contributed by atoms with Gasteiger partial charge in [0.2, 0.25) is 0 Å². The van der Waals surface area contributed by atoms with Crippen LogP contribution in [0.5, 0.6) is 0 Å². The minimum atomic E-state index is -0.318. The molecule has 0 fully saturated rings. The van der Waals surface area contributed by atoms with Gasteiger partial charge < -0.3 is 0 Å². The number of hydrazone groups is 1. The molecule has 3 aromatic rings. The smallest absolute Gasteiger partial charge is 0.271 e. The molecule has 6 heteroatoms. The zero-order chi connectivity index (χ0) is 18.8. The van der Waals surface area contributed by atoms with E-state index in [9.17, 15) is 9.59 Å². The molecule has 1 aliphatic rings. The highest BCUT2D eigenvalue weighted by Gasteiger charge is 2.17. The van der Waals surface area contributed by atoms with Crippen molar-refractivity contribution in [3.05, 3.63) is 75.8 Å². The SMILES string of the molecule is CC/C(=N/NC(=O)c1ccc2c(=O)n3c(nc2c1)CCC3)c1ccccc1. The summed E-state index contributed by atoms with van der Waals surface area (Å²) in [4.78, 5) is 29.6. The van der Waals surface area contributed by atoms with Crippen molar-refractivity contribution in [2.75, 3.05) is 0 Å². The van der Waals surface area contributed by atoms with Crippen LogP contribution in [0, 0.1) is 0 Å². The van der Waals surface area contributed by atoms with Crippen molar-refractivity contribution in [3.8, 4) is 0 Å². The molecule has 1 aromatic heterocycles. The van der Waals surface area contributed by atoms with Crippen molar-refractivity contribution in [1.82, 2.24) is 15.0 Å². The molecule has 0 atom stereocenters. The summed E-state index contributed by atoms with van der Waals surface area (Å²) in [6.45, 7) is 2.71. The Hall–Kier alpha value is -3.28. The molecular weight excluding hydrogens is 340 g/mol. The van der Waals surface area contributed by atoms with Gasteiger partial charge >= 0.3 is 0 Å². The Kier molecular flexibility index (Phi) is 4.54. The van der Waals surface area contributed by atoms with Gasteiger partial charge in [-0.25, -0.2) is 10.4 Å². The topological polar surface area (TPSA) is 76.3 Å². The first-order valence-corrected chi connectivity index (χ1v) is 9.13. The van der Waals surface area contributed by atoms with Crippen LogP contribution in [0.2, 0.25) is 0 Å². The Morgan fingerprint density at radius 2 is 2.00 bits per heavy atom. The van der Waals surface area contributed by atoms with E-state index in [1.165, 1.54) is 0 Å². The van der Waals surface area contributed by atoms with Crippen molar-refractivity contribution in [1.29, 1.82) is 0 Å². The van der Waals surface area contributed by atoms with Gasteiger partial charge in [-0.2, -0.15) is 5.10 Å². The Bertz CT molecular complexity index is 1100. The van der Waals surface area contributed by atoms with E-state index < -0.39 is 0 Å². The number of hydrogen-bond acceptors (Lipinski definition) is 4. The van der Waals surface area contributed by atoms with E-state index in [0.717, 1.165) is 29.9 Å². The lowest BCUT2D eigenvalue weighted by molar-refractivity contribution is 0.0955. The Balaban J connectivity index is 1.62. The summed E-state index contributed by atoms with van der Waals surface area (Å²) in [6, 6.07) is 14.7. The minimum Gasteiger partial charge on any atom is -0.296 e. The fourth-order valence-electron chi connectivity index (χ4n) is 3.39. The molecule has 6 nitrogen and oxygen atoms in total. The van der Waals surface area contributed by atoms with Gasteiger partial charge in [-0.3, -0.25) is 14.2 Å². The molecule has 2 aromatic carbocycles. The van der Waals surface area contributed by atoms with Gasteiger partial charge in [0.05, 0.1) is 16.6 Å². The van der Waals surface area contributed by atoms with Gasteiger partial charge in [0.15, 0.2) is 0 Å². The summed E-state index contributed by atoms with van der Waals surface area (Å²) >= 11 is 0. The lowest BCUT2D eigenvalue weighted by Crippen LogP contribution is -2.22. The lowest BCUT2D eigenvalue weighted by atomic mass is 10.1. The highest BCUT2D eigenvalue weighted by molar-refractivity contribution is 6.02.